The number of nitro groups is 1. The summed E-state index contributed by atoms with van der Waals surface area (Å²) in [6, 6.07) is 18.1. The van der Waals surface area contributed by atoms with E-state index in [-0.39, 0.29) is 11.6 Å². The number of piperazine rings is 1. The van der Waals surface area contributed by atoms with Crippen LogP contribution in [0.5, 0.6) is 0 Å². The Kier molecular flexibility index (Phi) is 6.04. The van der Waals surface area contributed by atoms with E-state index in [9.17, 15) is 14.9 Å². The van der Waals surface area contributed by atoms with E-state index >= 15 is 0 Å². The molecular formula is C23H20ClN3O4. The lowest BCUT2D eigenvalue weighted by Gasteiger charge is -2.35. The zero-order valence-corrected chi connectivity index (χ0v) is 17.4. The van der Waals surface area contributed by atoms with Crippen LogP contribution in [0.1, 0.15) is 5.76 Å². The maximum Gasteiger partial charge on any atom is 0.294 e. The van der Waals surface area contributed by atoms with Gasteiger partial charge in [0.15, 0.2) is 0 Å². The summed E-state index contributed by atoms with van der Waals surface area (Å²) >= 11 is 6.22. The van der Waals surface area contributed by atoms with Gasteiger partial charge in [0.2, 0.25) is 5.91 Å². The molecule has 1 aliphatic heterocycles. The molecular weight excluding hydrogens is 418 g/mol. The Morgan fingerprint density at radius 1 is 1.00 bits per heavy atom. The van der Waals surface area contributed by atoms with Crippen molar-refractivity contribution in [3.63, 3.8) is 0 Å². The molecule has 158 valence electrons. The lowest BCUT2D eigenvalue weighted by Crippen LogP contribution is -2.48. The van der Waals surface area contributed by atoms with E-state index in [0.29, 0.717) is 42.6 Å². The summed E-state index contributed by atoms with van der Waals surface area (Å²) in [6.45, 7) is 1.81. The van der Waals surface area contributed by atoms with Gasteiger partial charge in [-0.2, -0.15) is 0 Å². The SMILES string of the molecule is O=C(/C=C/c1ccc(-c2ccccc2)o1)N1CCN(c2c(Cl)cccc2[N+](=O)[O-])CC1. The van der Waals surface area contributed by atoms with E-state index in [0.717, 1.165) is 11.3 Å². The van der Waals surface area contributed by atoms with Crippen molar-refractivity contribution in [3.05, 3.63) is 87.6 Å². The normalized spacial score (nSPS) is 14.2. The van der Waals surface area contributed by atoms with E-state index in [1.165, 1.54) is 12.1 Å². The molecule has 0 radical (unpaired) electrons. The van der Waals surface area contributed by atoms with Crippen molar-refractivity contribution in [2.75, 3.05) is 31.1 Å². The van der Waals surface area contributed by atoms with Crippen LogP contribution in [0.2, 0.25) is 5.02 Å². The topological polar surface area (TPSA) is 79.8 Å². The van der Waals surface area contributed by atoms with E-state index in [2.05, 4.69) is 0 Å². The maximum absolute atomic E-state index is 12.6. The average Bonchev–Trinajstić information content (AvgIpc) is 3.27. The first kappa shape index (κ1) is 20.7. The van der Waals surface area contributed by atoms with Gasteiger partial charge in [0, 0.05) is 43.9 Å². The third kappa shape index (κ3) is 4.62. The molecule has 0 spiro atoms. The minimum Gasteiger partial charge on any atom is -0.457 e. The second kappa shape index (κ2) is 9.06. The number of benzene rings is 2. The minimum atomic E-state index is -0.436. The van der Waals surface area contributed by atoms with Crippen molar-refractivity contribution in [2.45, 2.75) is 0 Å². The standard InChI is InChI=1S/C23H20ClN3O4/c24-19-7-4-8-20(27(29)30)23(19)26-15-13-25(14-16-26)22(28)12-10-18-9-11-21(31-18)17-5-2-1-3-6-17/h1-12H,13-16H2/b12-10+. The zero-order valence-electron chi connectivity index (χ0n) is 16.6. The van der Waals surface area contributed by atoms with Crippen molar-refractivity contribution in [1.29, 1.82) is 0 Å². The van der Waals surface area contributed by atoms with Crippen molar-refractivity contribution < 1.29 is 14.1 Å². The first-order valence-electron chi connectivity index (χ1n) is 9.83. The molecule has 2 aromatic carbocycles. The third-order valence-corrected chi connectivity index (χ3v) is 5.45. The number of carbonyl (C=O) groups is 1. The smallest absolute Gasteiger partial charge is 0.294 e. The Hall–Kier alpha value is -3.58. The molecule has 0 unspecified atom stereocenters. The first-order valence-corrected chi connectivity index (χ1v) is 10.2. The highest BCUT2D eigenvalue weighted by Crippen LogP contribution is 2.35. The molecule has 1 aromatic heterocycles. The monoisotopic (exact) mass is 437 g/mol. The van der Waals surface area contributed by atoms with Crippen molar-refractivity contribution in [3.8, 4) is 11.3 Å². The highest BCUT2D eigenvalue weighted by Gasteiger charge is 2.27. The van der Waals surface area contributed by atoms with Gasteiger partial charge >= 0.3 is 0 Å². The fourth-order valence-corrected chi connectivity index (χ4v) is 3.86. The number of hydrogen-bond acceptors (Lipinski definition) is 5. The van der Waals surface area contributed by atoms with Crippen LogP contribution >= 0.6 is 11.6 Å². The highest BCUT2D eigenvalue weighted by atomic mass is 35.5. The largest absolute Gasteiger partial charge is 0.457 e. The van der Waals surface area contributed by atoms with Crippen molar-refractivity contribution >= 4 is 35.0 Å². The Morgan fingerprint density at radius 3 is 2.45 bits per heavy atom. The van der Waals surface area contributed by atoms with Crippen LogP contribution in [-0.4, -0.2) is 41.9 Å². The molecule has 4 rings (SSSR count). The van der Waals surface area contributed by atoms with Gasteiger partial charge in [0.1, 0.15) is 17.2 Å². The average molecular weight is 438 g/mol. The molecule has 8 heteroatoms. The highest BCUT2D eigenvalue weighted by molar-refractivity contribution is 6.33. The van der Waals surface area contributed by atoms with Crippen LogP contribution < -0.4 is 4.90 Å². The second-order valence-corrected chi connectivity index (χ2v) is 7.49. The fraction of sp³-hybridized carbons (Fsp3) is 0.174. The molecule has 1 amide bonds. The number of anilines is 1. The molecule has 1 fully saturated rings. The minimum absolute atomic E-state index is 0.0285. The summed E-state index contributed by atoms with van der Waals surface area (Å²) in [5, 5.41) is 11.7. The molecule has 7 nitrogen and oxygen atoms in total. The van der Waals surface area contributed by atoms with E-state index < -0.39 is 4.92 Å². The first-order chi connectivity index (χ1) is 15.0. The molecule has 0 bridgehead atoms. The lowest BCUT2D eigenvalue weighted by atomic mass is 10.2. The Morgan fingerprint density at radius 2 is 1.74 bits per heavy atom. The van der Waals surface area contributed by atoms with Gasteiger partial charge in [-0.15, -0.1) is 0 Å². The fourth-order valence-electron chi connectivity index (χ4n) is 3.57. The predicted octanol–water partition coefficient (Wildman–Crippen LogP) is 4.87. The summed E-state index contributed by atoms with van der Waals surface area (Å²) in [4.78, 5) is 27.0. The van der Waals surface area contributed by atoms with E-state index in [1.54, 1.807) is 23.1 Å². The zero-order chi connectivity index (χ0) is 21.8. The molecule has 1 aliphatic rings. The van der Waals surface area contributed by atoms with Gasteiger partial charge in [-0.3, -0.25) is 14.9 Å². The number of nitrogens with zero attached hydrogens (tertiary/aromatic N) is 3. The summed E-state index contributed by atoms with van der Waals surface area (Å²) in [6.07, 6.45) is 3.14. The molecule has 0 atom stereocenters. The van der Waals surface area contributed by atoms with Gasteiger partial charge < -0.3 is 14.2 Å². The van der Waals surface area contributed by atoms with Crippen molar-refractivity contribution in [1.82, 2.24) is 4.90 Å². The van der Waals surface area contributed by atoms with Crippen molar-refractivity contribution in [2.24, 2.45) is 0 Å². The summed E-state index contributed by atoms with van der Waals surface area (Å²) in [5.41, 5.74) is 1.35. The lowest BCUT2D eigenvalue weighted by molar-refractivity contribution is -0.384. The van der Waals surface area contributed by atoms with Gasteiger partial charge in [0.05, 0.1) is 9.95 Å². The Bertz CT molecular complexity index is 1120. The van der Waals surface area contributed by atoms with Gasteiger partial charge in [0.25, 0.3) is 5.69 Å². The van der Waals surface area contributed by atoms with Gasteiger partial charge in [-0.25, -0.2) is 0 Å². The van der Waals surface area contributed by atoms with E-state index in [1.807, 2.05) is 47.4 Å². The molecule has 0 aliphatic carbocycles. The van der Waals surface area contributed by atoms with Crippen LogP contribution in [0.15, 0.2) is 71.2 Å². The second-order valence-electron chi connectivity index (χ2n) is 7.08. The maximum atomic E-state index is 12.6. The van der Waals surface area contributed by atoms with Gasteiger partial charge in [-0.1, -0.05) is 48.0 Å². The number of furan rings is 1. The summed E-state index contributed by atoms with van der Waals surface area (Å²) in [5.74, 6) is 1.20. The number of hydrogen-bond donors (Lipinski definition) is 0. The predicted molar refractivity (Wildman–Crippen MR) is 120 cm³/mol. The molecule has 0 saturated carbocycles. The Labute approximate surface area is 184 Å². The molecule has 3 aromatic rings. The number of rotatable bonds is 5. The number of carbonyl (C=O) groups excluding carboxylic acids is 1. The Balaban J connectivity index is 1.38. The van der Waals surface area contributed by atoms with Crippen LogP contribution in [0.25, 0.3) is 17.4 Å². The van der Waals surface area contributed by atoms with Crippen LogP contribution in [0.3, 0.4) is 0 Å². The quantitative estimate of drug-likeness (QED) is 0.323. The van der Waals surface area contributed by atoms with E-state index in [4.69, 9.17) is 16.0 Å². The number of nitro benzene ring substituents is 1. The molecule has 1 saturated heterocycles. The van der Waals surface area contributed by atoms with Crippen LogP contribution in [0.4, 0.5) is 11.4 Å². The summed E-state index contributed by atoms with van der Waals surface area (Å²) in [7, 11) is 0. The third-order valence-electron chi connectivity index (χ3n) is 5.15. The number of halogens is 1. The summed E-state index contributed by atoms with van der Waals surface area (Å²) < 4.78 is 5.79. The number of para-hydroxylation sites is 1. The van der Waals surface area contributed by atoms with Gasteiger partial charge in [-0.05, 0) is 24.3 Å². The van der Waals surface area contributed by atoms with Crippen LogP contribution in [0, 0.1) is 10.1 Å². The molecule has 0 N–H and O–H groups in total. The number of amides is 1. The molecule has 31 heavy (non-hydrogen) atoms. The molecule has 2 heterocycles. The van der Waals surface area contributed by atoms with Crippen LogP contribution in [-0.2, 0) is 4.79 Å².